The first kappa shape index (κ1) is 11.5. The summed E-state index contributed by atoms with van der Waals surface area (Å²) in [7, 11) is 0. The smallest absolute Gasteiger partial charge is 0.333 e. The molecule has 0 heterocycles. The van der Waals surface area contributed by atoms with Crippen molar-refractivity contribution in [1.29, 1.82) is 0 Å². The van der Waals surface area contributed by atoms with Gasteiger partial charge in [0.15, 0.2) is 6.10 Å². The normalized spacial score (nSPS) is 22.6. The van der Waals surface area contributed by atoms with Gasteiger partial charge in [0.1, 0.15) is 0 Å². The quantitative estimate of drug-likeness (QED) is 0.730. The minimum atomic E-state index is -1.25. The van der Waals surface area contributed by atoms with Crippen molar-refractivity contribution in [2.45, 2.75) is 52.6 Å². The fourth-order valence-electron chi connectivity index (χ4n) is 2.66. The van der Waals surface area contributed by atoms with Crippen molar-refractivity contribution in [2.24, 2.45) is 10.8 Å². The van der Waals surface area contributed by atoms with Crippen molar-refractivity contribution in [2.75, 3.05) is 0 Å². The van der Waals surface area contributed by atoms with Crippen LogP contribution in [0.15, 0.2) is 0 Å². The maximum atomic E-state index is 10.8. The Morgan fingerprint density at radius 3 is 2.21 bits per heavy atom. The standard InChI is InChI=1S/C11H20O3/c1-4-11(6-5-7-11)10(2,3)8(12)9(13)14/h8,12H,4-7H2,1-3H3,(H,13,14). The van der Waals surface area contributed by atoms with Crippen molar-refractivity contribution in [3.8, 4) is 0 Å². The number of hydrogen-bond acceptors (Lipinski definition) is 2. The maximum Gasteiger partial charge on any atom is 0.333 e. The predicted octanol–water partition coefficient (Wildman–Crippen LogP) is 2.04. The largest absolute Gasteiger partial charge is 0.479 e. The molecule has 3 nitrogen and oxygen atoms in total. The molecule has 0 saturated heterocycles. The van der Waals surface area contributed by atoms with E-state index in [1.807, 2.05) is 13.8 Å². The SMILES string of the molecule is CCC1(C(C)(C)C(O)C(=O)O)CCC1. The number of carbonyl (C=O) groups is 1. The first-order chi connectivity index (χ1) is 6.37. The Balaban J connectivity index is 2.87. The van der Waals surface area contributed by atoms with Crippen molar-refractivity contribution >= 4 is 5.97 Å². The highest BCUT2D eigenvalue weighted by Gasteiger charge is 2.53. The third-order valence-electron chi connectivity index (χ3n) is 4.27. The molecule has 1 unspecified atom stereocenters. The number of aliphatic carboxylic acids is 1. The van der Waals surface area contributed by atoms with Crippen molar-refractivity contribution in [3.63, 3.8) is 0 Å². The van der Waals surface area contributed by atoms with Gasteiger partial charge in [0.25, 0.3) is 0 Å². The van der Waals surface area contributed by atoms with E-state index in [9.17, 15) is 9.90 Å². The van der Waals surface area contributed by atoms with Gasteiger partial charge in [-0.05, 0) is 24.7 Å². The molecule has 0 aromatic rings. The molecule has 0 spiro atoms. The topological polar surface area (TPSA) is 57.5 Å². The molecular formula is C11H20O3. The fourth-order valence-corrected chi connectivity index (χ4v) is 2.66. The molecule has 82 valence electrons. The molecule has 0 aromatic heterocycles. The molecule has 0 aromatic carbocycles. The van der Waals surface area contributed by atoms with Gasteiger partial charge in [0.05, 0.1) is 0 Å². The highest BCUT2D eigenvalue weighted by Crippen LogP contribution is 2.57. The average Bonchev–Trinajstić information content (AvgIpc) is 2.01. The van der Waals surface area contributed by atoms with Gasteiger partial charge >= 0.3 is 5.97 Å². The highest BCUT2D eigenvalue weighted by atomic mass is 16.4. The molecule has 1 atom stereocenters. The molecule has 1 fully saturated rings. The van der Waals surface area contributed by atoms with Gasteiger partial charge in [-0.1, -0.05) is 27.2 Å². The molecule has 14 heavy (non-hydrogen) atoms. The molecule has 3 heteroatoms. The van der Waals surface area contributed by atoms with Gasteiger partial charge in [0.2, 0.25) is 0 Å². The van der Waals surface area contributed by atoms with E-state index in [2.05, 4.69) is 6.92 Å². The Kier molecular flexibility index (Phi) is 2.91. The molecular weight excluding hydrogens is 180 g/mol. The minimum Gasteiger partial charge on any atom is -0.479 e. The van der Waals surface area contributed by atoms with Crippen LogP contribution in [0.5, 0.6) is 0 Å². The zero-order valence-electron chi connectivity index (χ0n) is 9.21. The van der Waals surface area contributed by atoms with Crippen molar-refractivity contribution < 1.29 is 15.0 Å². The summed E-state index contributed by atoms with van der Waals surface area (Å²) < 4.78 is 0. The number of carboxylic acid groups (broad SMARTS) is 1. The van der Waals surface area contributed by atoms with E-state index >= 15 is 0 Å². The lowest BCUT2D eigenvalue weighted by molar-refractivity contribution is -0.167. The van der Waals surface area contributed by atoms with E-state index < -0.39 is 17.5 Å². The summed E-state index contributed by atoms with van der Waals surface area (Å²) in [6.45, 7) is 5.82. The molecule has 1 aliphatic carbocycles. The predicted molar refractivity (Wildman–Crippen MR) is 54.0 cm³/mol. The van der Waals surface area contributed by atoms with Gasteiger partial charge in [-0.3, -0.25) is 0 Å². The minimum absolute atomic E-state index is 0.0325. The van der Waals surface area contributed by atoms with Crippen LogP contribution < -0.4 is 0 Å². The third kappa shape index (κ3) is 1.44. The summed E-state index contributed by atoms with van der Waals surface area (Å²) in [5.74, 6) is -1.10. The zero-order chi connectivity index (χ0) is 11.0. The summed E-state index contributed by atoms with van der Waals surface area (Å²) in [4.78, 5) is 10.8. The van der Waals surface area contributed by atoms with E-state index in [0.29, 0.717) is 0 Å². The summed E-state index contributed by atoms with van der Waals surface area (Å²) in [5, 5.41) is 18.5. The molecule has 0 amide bonds. The molecule has 1 aliphatic rings. The summed E-state index contributed by atoms with van der Waals surface area (Å²) in [6, 6.07) is 0. The Bertz CT molecular complexity index is 223. The van der Waals surface area contributed by atoms with E-state index in [1.54, 1.807) is 0 Å². The number of carboxylic acids is 1. The number of rotatable bonds is 4. The van der Waals surface area contributed by atoms with Gasteiger partial charge < -0.3 is 10.2 Å². The Morgan fingerprint density at radius 2 is 2.00 bits per heavy atom. The van der Waals surface area contributed by atoms with Crippen LogP contribution in [-0.2, 0) is 4.79 Å². The first-order valence-electron chi connectivity index (χ1n) is 5.28. The van der Waals surface area contributed by atoms with E-state index in [-0.39, 0.29) is 5.41 Å². The Hall–Kier alpha value is -0.570. The van der Waals surface area contributed by atoms with Crippen LogP contribution in [0.4, 0.5) is 0 Å². The Labute approximate surface area is 85.1 Å². The average molecular weight is 200 g/mol. The van der Waals surface area contributed by atoms with E-state index in [0.717, 1.165) is 25.7 Å². The summed E-state index contributed by atoms with van der Waals surface area (Å²) >= 11 is 0. The van der Waals surface area contributed by atoms with E-state index in [1.165, 1.54) is 0 Å². The Morgan fingerprint density at radius 1 is 1.50 bits per heavy atom. The van der Waals surface area contributed by atoms with Gasteiger partial charge in [-0.25, -0.2) is 4.79 Å². The van der Waals surface area contributed by atoms with Crippen LogP contribution in [0.2, 0.25) is 0 Å². The lowest BCUT2D eigenvalue weighted by Gasteiger charge is -2.54. The lowest BCUT2D eigenvalue weighted by Crippen LogP contribution is -2.52. The second kappa shape index (κ2) is 3.54. The molecule has 1 rings (SSSR count). The van der Waals surface area contributed by atoms with Crippen LogP contribution in [0, 0.1) is 10.8 Å². The number of aliphatic hydroxyl groups excluding tert-OH is 1. The first-order valence-corrected chi connectivity index (χ1v) is 5.28. The molecule has 1 saturated carbocycles. The van der Waals surface area contributed by atoms with Crippen molar-refractivity contribution in [1.82, 2.24) is 0 Å². The highest BCUT2D eigenvalue weighted by molar-refractivity contribution is 5.73. The second-order valence-electron chi connectivity index (χ2n) is 4.95. The molecule has 2 N–H and O–H groups in total. The monoisotopic (exact) mass is 200 g/mol. The zero-order valence-corrected chi connectivity index (χ0v) is 9.21. The lowest BCUT2D eigenvalue weighted by atomic mass is 9.51. The van der Waals surface area contributed by atoms with Crippen LogP contribution in [0.3, 0.4) is 0 Å². The van der Waals surface area contributed by atoms with Gasteiger partial charge in [-0.15, -0.1) is 0 Å². The van der Waals surface area contributed by atoms with Gasteiger partial charge in [-0.2, -0.15) is 0 Å². The van der Waals surface area contributed by atoms with Crippen LogP contribution >= 0.6 is 0 Å². The third-order valence-corrected chi connectivity index (χ3v) is 4.27. The number of aliphatic hydroxyl groups is 1. The molecule has 0 bridgehead atoms. The van der Waals surface area contributed by atoms with Gasteiger partial charge in [0, 0.05) is 5.41 Å². The van der Waals surface area contributed by atoms with Crippen LogP contribution in [0.25, 0.3) is 0 Å². The fraction of sp³-hybridized carbons (Fsp3) is 0.909. The number of hydrogen-bond donors (Lipinski definition) is 2. The summed E-state index contributed by atoms with van der Waals surface area (Å²) in [6.07, 6.45) is 2.94. The van der Waals surface area contributed by atoms with Crippen molar-refractivity contribution in [3.05, 3.63) is 0 Å². The maximum absolute atomic E-state index is 10.8. The summed E-state index contributed by atoms with van der Waals surface area (Å²) in [5.41, 5.74) is -0.489. The molecule has 0 radical (unpaired) electrons. The second-order valence-corrected chi connectivity index (χ2v) is 4.95. The van der Waals surface area contributed by atoms with E-state index in [4.69, 9.17) is 5.11 Å². The van der Waals surface area contributed by atoms with Crippen LogP contribution in [0.1, 0.15) is 46.5 Å². The van der Waals surface area contributed by atoms with Crippen LogP contribution in [-0.4, -0.2) is 22.3 Å². The molecule has 0 aliphatic heterocycles.